The van der Waals surface area contributed by atoms with E-state index >= 15 is 0 Å². The second-order valence-corrected chi connectivity index (χ2v) is 9.44. The number of nitrogens with zero attached hydrogens (tertiary/aromatic N) is 3. The molecule has 3 heterocycles. The molecule has 0 aromatic rings. The molecule has 3 aliphatic rings. The van der Waals surface area contributed by atoms with Crippen LogP contribution in [0.15, 0.2) is 0 Å². The Morgan fingerprint density at radius 1 is 0.920 bits per heavy atom. The van der Waals surface area contributed by atoms with E-state index in [2.05, 4.69) is 23.6 Å². The van der Waals surface area contributed by atoms with Gasteiger partial charge in [-0.15, -0.1) is 0 Å². The van der Waals surface area contributed by atoms with E-state index < -0.39 is 0 Å². The third-order valence-corrected chi connectivity index (χ3v) is 7.03. The zero-order valence-electron chi connectivity index (χ0n) is 16.8. The first-order valence-corrected chi connectivity index (χ1v) is 10.7. The van der Waals surface area contributed by atoms with Gasteiger partial charge in [-0.1, -0.05) is 13.8 Å². The average molecular weight is 350 g/mol. The summed E-state index contributed by atoms with van der Waals surface area (Å²) in [5.74, 6) is 1.97. The molecule has 3 fully saturated rings. The van der Waals surface area contributed by atoms with Gasteiger partial charge in [0.25, 0.3) is 0 Å². The number of carbonyl (C=O) groups excluding carboxylic acids is 1. The number of amides is 1. The molecule has 0 N–H and O–H groups in total. The fourth-order valence-electron chi connectivity index (χ4n) is 5.24. The molecule has 0 radical (unpaired) electrons. The topological polar surface area (TPSA) is 26.8 Å². The fraction of sp³-hybridized carbons (Fsp3) is 0.952. The van der Waals surface area contributed by atoms with Gasteiger partial charge in [0.1, 0.15) is 0 Å². The lowest BCUT2D eigenvalue weighted by atomic mass is 9.71. The summed E-state index contributed by atoms with van der Waals surface area (Å²) in [5, 5.41) is 0. The number of carbonyl (C=O) groups is 1. The van der Waals surface area contributed by atoms with Crippen LogP contribution >= 0.6 is 0 Å². The van der Waals surface area contributed by atoms with Crippen LogP contribution in [0.4, 0.5) is 0 Å². The molecule has 0 aliphatic carbocycles. The summed E-state index contributed by atoms with van der Waals surface area (Å²) in [4.78, 5) is 19.0. The number of rotatable bonds is 4. The number of hydrogen-bond acceptors (Lipinski definition) is 3. The highest BCUT2D eigenvalue weighted by atomic mass is 16.2. The van der Waals surface area contributed by atoms with Crippen LogP contribution in [0.2, 0.25) is 0 Å². The summed E-state index contributed by atoms with van der Waals surface area (Å²) < 4.78 is 0. The van der Waals surface area contributed by atoms with Crippen molar-refractivity contribution in [2.75, 3.05) is 52.4 Å². The Labute approximate surface area is 154 Å². The standard InChI is InChI=1S/C21H39N3O/c1-18(2)16-22-10-4-20(5-11-22)17-23-12-6-21(7-13-23)8-14-24(15-9-21)19(3)25/h18,20H,4-17H2,1-3H3. The minimum Gasteiger partial charge on any atom is -0.343 e. The van der Waals surface area contributed by atoms with Gasteiger partial charge in [-0.25, -0.2) is 0 Å². The molecule has 0 unspecified atom stereocenters. The molecule has 3 rings (SSSR count). The largest absolute Gasteiger partial charge is 0.343 e. The van der Waals surface area contributed by atoms with Crippen LogP contribution in [-0.2, 0) is 4.79 Å². The molecule has 0 aromatic heterocycles. The van der Waals surface area contributed by atoms with Crippen molar-refractivity contribution >= 4 is 5.91 Å². The van der Waals surface area contributed by atoms with Crippen molar-refractivity contribution in [3.63, 3.8) is 0 Å². The fourth-order valence-corrected chi connectivity index (χ4v) is 5.24. The van der Waals surface area contributed by atoms with Crippen LogP contribution in [0.1, 0.15) is 59.3 Å². The summed E-state index contributed by atoms with van der Waals surface area (Å²) in [6.45, 7) is 16.1. The van der Waals surface area contributed by atoms with Gasteiger partial charge in [-0.05, 0) is 82.0 Å². The van der Waals surface area contributed by atoms with Crippen LogP contribution in [0, 0.1) is 17.3 Å². The van der Waals surface area contributed by atoms with Gasteiger partial charge < -0.3 is 14.7 Å². The zero-order valence-corrected chi connectivity index (χ0v) is 16.8. The highest BCUT2D eigenvalue weighted by Crippen LogP contribution is 2.41. The third kappa shape index (κ3) is 5.19. The van der Waals surface area contributed by atoms with Gasteiger partial charge in [0, 0.05) is 33.1 Å². The minimum absolute atomic E-state index is 0.260. The molecule has 4 heteroatoms. The molecule has 0 saturated carbocycles. The Bertz CT molecular complexity index is 424. The number of likely N-dealkylation sites (tertiary alicyclic amines) is 3. The Kier molecular flexibility index (Phi) is 6.43. The lowest BCUT2D eigenvalue weighted by Crippen LogP contribution is -2.49. The second kappa shape index (κ2) is 8.39. The van der Waals surface area contributed by atoms with Crippen molar-refractivity contribution in [2.45, 2.75) is 59.3 Å². The molecule has 0 aromatic carbocycles. The summed E-state index contributed by atoms with van der Waals surface area (Å²) >= 11 is 0. The highest BCUT2D eigenvalue weighted by molar-refractivity contribution is 5.73. The van der Waals surface area contributed by atoms with E-state index in [0.29, 0.717) is 5.41 Å². The molecule has 4 nitrogen and oxygen atoms in total. The quantitative estimate of drug-likeness (QED) is 0.780. The van der Waals surface area contributed by atoms with Gasteiger partial charge in [0.2, 0.25) is 5.91 Å². The molecule has 3 aliphatic heterocycles. The Morgan fingerprint density at radius 3 is 2.00 bits per heavy atom. The van der Waals surface area contributed by atoms with Gasteiger partial charge in [-0.3, -0.25) is 4.79 Å². The lowest BCUT2D eigenvalue weighted by Gasteiger charge is -2.47. The van der Waals surface area contributed by atoms with E-state index in [9.17, 15) is 4.79 Å². The van der Waals surface area contributed by atoms with Gasteiger partial charge in [0.15, 0.2) is 0 Å². The lowest BCUT2D eigenvalue weighted by molar-refractivity contribution is -0.131. The van der Waals surface area contributed by atoms with Crippen LogP contribution in [0.5, 0.6) is 0 Å². The second-order valence-electron chi connectivity index (χ2n) is 9.44. The van der Waals surface area contributed by atoms with Crippen LogP contribution in [0.3, 0.4) is 0 Å². The molecule has 1 spiro atoms. The SMILES string of the molecule is CC(=O)N1CCC2(CCN(CC3CCN(CC(C)C)CC3)CC2)CC1. The summed E-state index contributed by atoms with van der Waals surface area (Å²) in [7, 11) is 0. The molecule has 0 bridgehead atoms. The maximum atomic E-state index is 11.5. The van der Waals surface area contributed by atoms with E-state index in [4.69, 9.17) is 0 Å². The van der Waals surface area contributed by atoms with E-state index in [1.807, 2.05) is 4.90 Å². The third-order valence-electron chi connectivity index (χ3n) is 7.03. The Balaban J connectivity index is 1.37. The predicted molar refractivity (Wildman–Crippen MR) is 104 cm³/mol. The van der Waals surface area contributed by atoms with Crippen molar-refractivity contribution < 1.29 is 4.79 Å². The minimum atomic E-state index is 0.260. The number of hydrogen-bond donors (Lipinski definition) is 0. The van der Waals surface area contributed by atoms with Crippen molar-refractivity contribution in [2.24, 2.45) is 17.3 Å². The molecule has 144 valence electrons. The van der Waals surface area contributed by atoms with E-state index in [-0.39, 0.29) is 5.91 Å². The molecule has 0 atom stereocenters. The first kappa shape index (κ1) is 19.2. The van der Waals surface area contributed by atoms with E-state index in [1.54, 1.807) is 6.92 Å². The molecule has 1 amide bonds. The van der Waals surface area contributed by atoms with Crippen molar-refractivity contribution in [1.29, 1.82) is 0 Å². The summed E-state index contributed by atoms with van der Waals surface area (Å²) in [6.07, 6.45) is 7.95. The molecular weight excluding hydrogens is 310 g/mol. The maximum Gasteiger partial charge on any atom is 0.219 e. The number of piperidine rings is 3. The molecule has 3 saturated heterocycles. The van der Waals surface area contributed by atoms with Crippen LogP contribution < -0.4 is 0 Å². The smallest absolute Gasteiger partial charge is 0.219 e. The zero-order chi connectivity index (χ0) is 17.9. The predicted octanol–water partition coefficient (Wildman–Crippen LogP) is 3.08. The average Bonchev–Trinajstić information content (AvgIpc) is 2.59. The van der Waals surface area contributed by atoms with Gasteiger partial charge in [0.05, 0.1) is 0 Å². The van der Waals surface area contributed by atoms with E-state index in [0.717, 1.165) is 24.9 Å². The normalized spacial score (nSPS) is 26.5. The molecule has 25 heavy (non-hydrogen) atoms. The first-order chi connectivity index (χ1) is 12.0. The summed E-state index contributed by atoms with van der Waals surface area (Å²) in [6, 6.07) is 0. The van der Waals surface area contributed by atoms with Crippen LogP contribution in [0.25, 0.3) is 0 Å². The Hall–Kier alpha value is -0.610. The van der Waals surface area contributed by atoms with Crippen molar-refractivity contribution in [1.82, 2.24) is 14.7 Å². The monoisotopic (exact) mass is 349 g/mol. The van der Waals surface area contributed by atoms with Crippen LogP contribution in [-0.4, -0.2) is 73.0 Å². The maximum absolute atomic E-state index is 11.5. The van der Waals surface area contributed by atoms with Gasteiger partial charge >= 0.3 is 0 Å². The highest BCUT2D eigenvalue weighted by Gasteiger charge is 2.38. The van der Waals surface area contributed by atoms with Crippen molar-refractivity contribution in [3.05, 3.63) is 0 Å². The first-order valence-electron chi connectivity index (χ1n) is 10.7. The summed E-state index contributed by atoms with van der Waals surface area (Å²) in [5.41, 5.74) is 0.545. The van der Waals surface area contributed by atoms with Gasteiger partial charge in [-0.2, -0.15) is 0 Å². The van der Waals surface area contributed by atoms with E-state index in [1.165, 1.54) is 77.8 Å². The molecular formula is C21H39N3O. The Morgan fingerprint density at radius 2 is 1.48 bits per heavy atom. The van der Waals surface area contributed by atoms with Crippen molar-refractivity contribution in [3.8, 4) is 0 Å².